The summed E-state index contributed by atoms with van der Waals surface area (Å²) in [6.45, 7) is 0.429. The highest BCUT2D eigenvalue weighted by atomic mass is 32.1. The number of thiazole rings is 1. The molecular weight excluding hydrogens is 373 g/mol. The number of aromatic nitrogens is 1. The molecule has 0 amide bonds. The molecule has 136 valence electrons. The summed E-state index contributed by atoms with van der Waals surface area (Å²) in [6, 6.07) is 18.6. The van der Waals surface area contributed by atoms with Crippen molar-refractivity contribution in [1.82, 2.24) is 4.98 Å². The molecule has 2 aromatic carbocycles. The Labute approximate surface area is 158 Å². The first-order valence-corrected chi connectivity index (χ1v) is 8.75. The maximum absolute atomic E-state index is 12.7. The summed E-state index contributed by atoms with van der Waals surface area (Å²) in [5, 5.41) is 10.2. The van der Waals surface area contributed by atoms with E-state index in [1.54, 1.807) is 24.3 Å². The van der Waals surface area contributed by atoms with Crippen LogP contribution in [0.2, 0.25) is 0 Å². The van der Waals surface area contributed by atoms with Crippen LogP contribution < -0.4 is 4.74 Å². The molecule has 0 aliphatic carbocycles. The van der Waals surface area contributed by atoms with Crippen molar-refractivity contribution in [3.63, 3.8) is 0 Å². The van der Waals surface area contributed by atoms with Gasteiger partial charge in [0, 0.05) is 5.38 Å². The van der Waals surface area contributed by atoms with Crippen molar-refractivity contribution in [1.29, 1.82) is 5.26 Å². The van der Waals surface area contributed by atoms with Crippen LogP contribution in [0.1, 0.15) is 21.8 Å². The van der Waals surface area contributed by atoms with Crippen molar-refractivity contribution in [2.75, 3.05) is 0 Å². The number of hydrogen-bond acceptors (Lipinski definition) is 4. The van der Waals surface area contributed by atoms with E-state index in [0.29, 0.717) is 17.9 Å². The minimum Gasteiger partial charge on any atom is -0.489 e. The first-order valence-electron chi connectivity index (χ1n) is 7.87. The molecule has 3 rings (SSSR count). The number of rotatable bonds is 5. The van der Waals surface area contributed by atoms with Crippen molar-refractivity contribution in [2.24, 2.45) is 0 Å². The van der Waals surface area contributed by atoms with Gasteiger partial charge in [-0.2, -0.15) is 18.4 Å². The van der Waals surface area contributed by atoms with Crippen LogP contribution >= 0.6 is 11.3 Å². The van der Waals surface area contributed by atoms with Crippen LogP contribution in [0, 0.1) is 11.3 Å². The Hall–Kier alpha value is -3.11. The number of nitriles is 1. The predicted octanol–water partition coefficient (Wildman–Crippen LogP) is 5.81. The number of alkyl halides is 3. The van der Waals surface area contributed by atoms with Gasteiger partial charge in [-0.05, 0) is 29.3 Å². The number of hydrogen-bond donors (Lipinski definition) is 0. The number of ether oxygens (including phenoxy) is 1. The Kier molecular flexibility index (Phi) is 5.57. The second-order valence-electron chi connectivity index (χ2n) is 5.55. The molecule has 0 radical (unpaired) electrons. The highest BCUT2D eigenvalue weighted by molar-refractivity contribution is 7.11. The van der Waals surface area contributed by atoms with Gasteiger partial charge >= 0.3 is 6.18 Å². The Morgan fingerprint density at radius 1 is 1.11 bits per heavy atom. The van der Waals surface area contributed by atoms with Crippen LogP contribution in [0.15, 0.2) is 60.0 Å². The fourth-order valence-corrected chi connectivity index (χ4v) is 3.03. The third kappa shape index (κ3) is 4.96. The van der Waals surface area contributed by atoms with E-state index >= 15 is 0 Å². The molecule has 0 aliphatic rings. The van der Waals surface area contributed by atoms with Gasteiger partial charge in [0.2, 0.25) is 0 Å². The molecule has 0 aliphatic heterocycles. The van der Waals surface area contributed by atoms with E-state index in [1.807, 2.05) is 36.4 Å². The monoisotopic (exact) mass is 386 g/mol. The summed E-state index contributed by atoms with van der Waals surface area (Å²) in [5.74, 6) is 0.656. The minimum absolute atomic E-state index is 0.0363. The second kappa shape index (κ2) is 8.06. The SMILES string of the molecule is N#CC(=Cc1ccc(OCc2ccccc2)cc1)c1nc(C(F)(F)F)cs1. The third-order valence-corrected chi connectivity index (χ3v) is 4.46. The lowest BCUT2D eigenvalue weighted by molar-refractivity contribution is -0.140. The first-order chi connectivity index (χ1) is 13.0. The molecule has 1 aromatic heterocycles. The smallest absolute Gasteiger partial charge is 0.434 e. The van der Waals surface area contributed by atoms with Gasteiger partial charge in [0.25, 0.3) is 0 Å². The average Bonchev–Trinajstić information content (AvgIpc) is 3.17. The maximum atomic E-state index is 12.7. The highest BCUT2D eigenvalue weighted by Gasteiger charge is 2.34. The van der Waals surface area contributed by atoms with Gasteiger partial charge in [0.15, 0.2) is 5.69 Å². The molecule has 0 atom stereocenters. The number of halogens is 3. The van der Waals surface area contributed by atoms with E-state index in [9.17, 15) is 18.4 Å². The van der Waals surface area contributed by atoms with Gasteiger partial charge in [-0.25, -0.2) is 4.98 Å². The van der Waals surface area contributed by atoms with E-state index < -0.39 is 11.9 Å². The molecule has 0 saturated carbocycles. The summed E-state index contributed by atoms with van der Waals surface area (Å²) in [5.41, 5.74) is 0.793. The number of benzene rings is 2. The van der Waals surface area contributed by atoms with E-state index in [1.165, 1.54) is 6.08 Å². The molecule has 0 N–H and O–H groups in total. The van der Waals surface area contributed by atoms with Crippen LogP contribution in [0.3, 0.4) is 0 Å². The number of nitrogens with zero attached hydrogens (tertiary/aromatic N) is 2. The molecule has 27 heavy (non-hydrogen) atoms. The lowest BCUT2D eigenvalue weighted by Gasteiger charge is -2.06. The summed E-state index contributed by atoms with van der Waals surface area (Å²) >= 11 is 0.791. The Morgan fingerprint density at radius 3 is 2.41 bits per heavy atom. The van der Waals surface area contributed by atoms with Crippen molar-refractivity contribution in [2.45, 2.75) is 12.8 Å². The summed E-state index contributed by atoms with van der Waals surface area (Å²) in [4.78, 5) is 3.51. The molecule has 7 heteroatoms. The minimum atomic E-state index is -4.52. The zero-order valence-corrected chi connectivity index (χ0v) is 14.7. The zero-order chi connectivity index (χ0) is 19.3. The first kappa shape index (κ1) is 18.7. The van der Waals surface area contributed by atoms with Crippen LogP contribution in [0.5, 0.6) is 5.75 Å². The van der Waals surface area contributed by atoms with E-state index in [-0.39, 0.29) is 10.6 Å². The Bertz CT molecular complexity index is 971. The van der Waals surface area contributed by atoms with E-state index in [2.05, 4.69) is 4.98 Å². The molecule has 0 spiro atoms. The lowest BCUT2D eigenvalue weighted by Crippen LogP contribution is -2.05. The maximum Gasteiger partial charge on any atom is 0.434 e. The van der Waals surface area contributed by atoms with Gasteiger partial charge < -0.3 is 4.74 Å². The van der Waals surface area contributed by atoms with Gasteiger partial charge in [-0.15, -0.1) is 11.3 Å². The molecule has 0 saturated heterocycles. The normalized spacial score (nSPS) is 11.9. The highest BCUT2D eigenvalue weighted by Crippen LogP contribution is 2.32. The summed E-state index contributed by atoms with van der Waals surface area (Å²) < 4.78 is 43.7. The van der Waals surface area contributed by atoms with Crippen LogP contribution in [-0.2, 0) is 12.8 Å². The van der Waals surface area contributed by atoms with E-state index in [0.717, 1.165) is 22.3 Å². The van der Waals surface area contributed by atoms with E-state index in [4.69, 9.17) is 4.74 Å². The van der Waals surface area contributed by atoms with Gasteiger partial charge in [-0.3, -0.25) is 0 Å². The van der Waals surface area contributed by atoms with Crippen molar-refractivity contribution >= 4 is 23.0 Å². The van der Waals surface area contributed by atoms with Crippen LogP contribution in [0.25, 0.3) is 11.6 Å². The van der Waals surface area contributed by atoms with Crippen LogP contribution in [-0.4, -0.2) is 4.98 Å². The average molecular weight is 386 g/mol. The molecule has 0 fully saturated rings. The molecule has 0 bridgehead atoms. The largest absolute Gasteiger partial charge is 0.489 e. The van der Waals surface area contributed by atoms with Gasteiger partial charge in [-0.1, -0.05) is 42.5 Å². The van der Waals surface area contributed by atoms with Gasteiger partial charge in [0.05, 0.1) is 5.57 Å². The third-order valence-electron chi connectivity index (χ3n) is 3.58. The molecular formula is C20H13F3N2OS. The predicted molar refractivity (Wildman–Crippen MR) is 97.8 cm³/mol. The van der Waals surface area contributed by atoms with Crippen molar-refractivity contribution in [3.05, 3.63) is 81.8 Å². The molecule has 3 aromatic rings. The fraction of sp³-hybridized carbons (Fsp3) is 0.100. The Morgan fingerprint density at radius 2 is 1.81 bits per heavy atom. The van der Waals surface area contributed by atoms with Crippen molar-refractivity contribution in [3.8, 4) is 11.8 Å². The fourth-order valence-electron chi connectivity index (χ4n) is 2.24. The lowest BCUT2D eigenvalue weighted by atomic mass is 10.1. The van der Waals surface area contributed by atoms with Crippen LogP contribution in [0.4, 0.5) is 13.2 Å². The quantitative estimate of drug-likeness (QED) is 0.520. The Balaban J connectivity index is 1.72. The molecule has 3 nitrogen and oxygen atoms in total. The summed E-state index contributed by atoms with van der Waals surface area (Å²) in [6.07, 6.45) is -3.02. The summed E-state index contributed by atoms with van der Waals surface area (Å²) in [7, 11) is 0. The topological polar surface area (TPSA) is 45.9 Å². The van der Waals surface area contributed by atoms with Crippen molar-refractivity contribution < 1.29 is 17.9 Å². The zero-order valence-electron chi connectivity index (χ0n) is 13.9. The number of allylic oxidation sites excluding steroid dienone is 1. The van der Waals surface area contributed by atoms with Gasteiger partial charge in [0.1, 0.15) is 23.4 Å². The molecule has 0 unspecified atom stereocenters. The second-order valence-corrected chi connectivity index (χ2v) is 6.41. The standard InChI is InChI=1S/C20H13F3N2OS/c21-20(22,23)18-13-27-19(25-18)16(11-24)10-14-6-8-17(9-7-14)26-12-15-4-2-1-3-5-15/h1-10,13H,12H2. The molecule has 1 heterocycles.